The molecule has 0 bridgehead atoms. The number of carbonyl (C=O) groups is 1. The van der Waals surface area contributed by atoms with Gasteiger partial charge in [0.2, 0.25) is 5.91 Å². The van der Waals surface area contributed by atoms with Gasteiger partial charge in [-0.3, -0.25) is 14.9 Å². The monoisotopic (exact) mass is 366 g/mol. The van der Waals surface area contributed by atoms with Crippen LogP contribution < -0.4 is 16.0 Å². The number of hydrogen-bond donors (Lipinski definition) is 3. The zero-order valence-electron chi connectivity index (χ0n) is 12.6. The van der Waals surface area contributed by atoms with Crippen LogP contribution in [0, 0.1) is 21.7 Å². The molecule has 2 aromatic carbocycles. The number of nitrogens with one attached hydrogen (secondary N) is 3. The van der Waals surface area contributed by atoms with Gasteiger partial charge in [-0.1, -0.05) is 0 Å². The zero-order chi connectivity index (χ0) is 18.4. The Balaban J connectivity index is 1.81. The number of thiocarbonyl (C=S) groups is 1. The molecule has 0 aliphatic rings. The molecule has 0 aromatic heterocycles. The Bertz CT molecular complexity index is 815. The van der Waals surface area contributed by atoms with Crippen LogP contribution >= 0.6 is 12.2 Å². The number of nitrogens with zero attached hydrogens (tertiary/aromatic N) is 1. The van der Waals surface area contributed by atoms with Crippen molar-refractivity contribution in [2.75, 3.05) is 17.2 Å². The Morgan fingerprint density at radius 2 is 1.68 bits per heavy atom. The third kappa shape index (κ3) is 5.46. The number of benzene rings is 2. The second kappa shape index (κ2) is 8.11. The van der Waals surface area contributed by atoms with Crippen LogP contribution in [0.2, 0.25) is 0 Å². The topological polar surface area (TPSA) is 96.3 Å². The molecule has 0 saturated carbocycles. The van der Waals surface area contributed by atoms with Gasteiger partial charge in [-0.05, 0) is 36.5 Å². The third-order valence-electron chi connectivity index (χ3n) is 2.95. The standard InChI is InChI=1S/C15H12F2N4O3S/c16-12-6-3-10(7-13(12)17)19-14(22)8-18-15(25)20-9-1-4-11(5-2-9)21(23)24/h1-7H,8H2,(H,19,22)(H2,18,20,25). The Labute approximate surface area is 146 Å². The van der Waals surface area contributed by atoms with Gasteiger partial charge in [-0.25, -0.2) is 8.78 Å². The summed E-state index contributed by atoms with van der Waals surface area (Å²) in [6.07, 6.45) is 0. The summed E-state index contributed by atoms with van der Waals surface area (Å²) in [4.78, 5) is 21.8. The average molecular weight is 366 g/mol. The van der Waals surface area contributed by atoms with Crippen LogP contribution in [0.4, 0.5) is 25.8 Å². The van der Waals surface area contributed by atoms with Crippen molar-refractivity contribution >= 4 is 40.3 Å². The molecule has 25 heavy (non-hydrogen) atoms. The van der Waals surface area contributed by atoms with Crippen molar-refractivity contribution in [1.29, 1.82) is 0 Å². The van der Waals surface area contributed by atoms with Crippen LogP contribution in [0.5, 0.6) is 0 Å². The summed E-state index contributed by atoms with van der Waals surface area (Å²) in [6.45, 7) is -0.211. The summed E-state index contributed by atoms with van der Waals surface area (Å²) < 4.78 is 25.9. The van der Waals surface area contributed by atoms with Gasteiger partial charge < -0.3 is 16.0 Å². The molecule has 0 heterocycles. The van der Waals surface area contributed by atoms with E-state index in [1.807, 2.05) is 0 Å². The highest BCUT2D eigenvalue weighted by atomic mass is 32.1. The van der Waals surface area contributed by atoms with Crippen LogP contribution in [0.1, 0.15) is 0 Å². The summed E-state index contributed by atoms with van der Waals surface area (Å²) in [5.41, 5.74) is 0.555. The Morgan fingerprint density at radius 3 is 2.28 bits per heavy atom. The van der Waals surface area contributed by atoms with Gasteiger partial charge in [-0.15, -0.1) is 0 Å². The molecule has 1 amide bonds. The fourth-order valence-electron chi connectivity index (χ4n) is 1.78. The largest absolute Gasteiger partial charge is 0.353 e. The first-order valence-electron chi connectivity index (χ1n) is 6.89. The maximum absolute atomic E-state index is 13.0. The van der Waals surface area contributed by atoms with Gasteiger partial charge in [-0.2, -0.15) is 0 Å². The minimum Gasteiger partial charge on any atom is -0.353 e. The van der Waals surface area contributed by atoms with Crippen molar-refractivity contribution in [3.05, 3.63) is 64.2 Å². The van der Waals surface area contributed by atoms with Gasteiger partial charge >= 0.3 is 0 Å². The van der Waals surface area contributed by atoms with Gasteiger partial charge in [0.15, 0.2) is 16.7 Å². The molecule has 2 aromatic rings. The smallest absolute Gasteiger partial charge is 0.269 e. The number of anilines is 2. The lowest BCUT2D eigenvalue weighted by Gasteiger charge is -2.11. The van der Waals surface area contributed by atoms with Crippen molar-refractivity contribution in [2.45, 2.75) is 0 Å². The summed E-state index contributed by atoms with van der Waals surface area (Å²) in [7, 11) is 0. The number of non-ortho nitro benzene ring substituents is 1. The lowest BCUT2D eigenvalue weighted by molar-refractivity contribution is -0.384. The summed E-state index contributed by atoms with van der Waals surface area (Å²) in [5, 5.41) is 18.4. The van der Waals surface area contributed by atoms with Crippen molar-refractivity contribution in [2.24, 2.45) is 0 Å². The van der Waals surface area contributed by atoms with E-state index in [1.165, 1.54) is 30.3 Å². The number of nitro benzene ring substituents is 1. The molecule has 0 aliphatic carbocycles. The van der Waals surface area contributed by atoms with Gasteiger partial charge in [0.25, 0.3) is 5.69 Å². The molecule has 7 nitrogen and oxygen atoms in total. The molecule has 10 heteroatoms. The number of nitro groups is 1. The van der Waals surface area contributed by atoms with E-state index in [1.54, 1.807) is 0 Å². The van der Waals surface area contributed by atoms with E-state index >= 15 is 0 Å². The first-order chi connectivity index (χ1) is 11.8. The molecule has 3 N–H and O–H groups in total. The SMILES string of the molecule is O=C(CNC(=S)Nc1ccc([N+](=O)[O-])cc1)Nc1ccc(F)c(F)c1. The molecule has 130 valence electrons. The Morgan fingerprint density at radius 1 is 1.04 bits per heavy atom. The normalized spacial score (nSPS) is 10.0. The molecular weight excluding hydrogens is 354 g/mol. The molecule has 0 spiro atoms. The van der Waals surface area contributed by atoms with Crippen LogP contribution in [0.25, 0.3) is 0 Å². The predicted molar refractivity (Wildman–Crippen MR) is 92.3 cm³/mol. The molecule has 0 atom stereocenters. The Hall–Kier alpha value is -3.14. The van der Waals surface area contributed by atoms with Gasteiger partial charge in [0, 0.05) is 29.6 Å². The van der Waals surface area contributed by atoms with Crippen LogP contribution in [-0.2, 0) is 4.79 Å². The minimum atomic E-state index is -1.07. The first kappa shape index (κ1) is 18.2. The zero-order valence-corrected chi connectivity index (χ0v) is 13.4. The number of hydrogen-bond acceptors (Lipinski definition) is 4. The van der Waals surface area contributed by atoms with Crippen molar-refractivity contribution in [3.8, 4) is 0 Å². The second-order valence-corrected chi connectivity index (χ2v) is 5.20. The van der Waals surface area contributed by atoms with E-state index in [2.05, 4.69) is 16.0 Å². The van der Waals surface area contributed by atoms with Crippen LogP contribution in [0.15, 0.2) is 42.5 Å². The molecule has 0 saturated heterocycles. The van der Waals surface area contributed by atoms with Crippen LogP contribution in [0.3, 0.4) is 0 Å². The highest BCUT2D eigenvalue weighted by Gasteiger charge is 2.08. The van der Waals surface area contributed by atoms with Crippen molar-refractivity contribution in [1.82, 2.24) is 5.32 Å². The summed E-state index contributed by atoms with van der Waals surface area (Å²) >= 11 is 5.00. The fourth-order valence-corrected chi connectivity index (χ4v) is 1.97. The quantitative estimate of drug-likeness (QED) is 0.428. The maximum Gasteiger partial charge on any atom is 0.269 e. The molecule has 0 fully saturated rings. The van der Waals surface area contributed by atoms with E-state index in [0.717, 1.165) is 12.1 Å². The van der Waals surface area contributed by atoms with Gasteiger partial charge in [0.1, 0.15) is 0 Å². The second-order valence-electron chi connectivity index (χ2n) is 4.79. The van der Waals surface area contributed by atoms with E-state index < -0.39 is 22.5 Å². The van der Waals surface area contributed by atoms with Gasteiger partial charge in [0.05, 0.1) is 11.5 Å². The molecule has 0 radical (unpaired) electrons. The highest BCUT2D eigenvalue weighted by Crippen LogP contribution is 2.15. The fraction of sp³-hybridized carbons (Fsp3) is 0.0667. The third-order valence-corrected chi connectivity index (χ3v) is 3.20. The molecule has 2 rings (SSSR count). The number of rotatable bonds is 5. The van der Waals surface area contributed by atoms with E-state index in [0.29, 0.717) is 5.69 Å². The summed E-state index contributed by atoms with van der Waals surface area (Å²) in [5.74, 6) is -2.59. The van der Waals surface area contributed by atoms with E-state index in [9.17, 15) is 23.7 Å². The van der Waals surface area contributed by atoms with Crippen LogP contribution in [-0.4, -0.2) is 22.5 Å². The lowest BCUT2D eigenvalue weighted by atomic mass is 10.3. The highest BCUT2D eigenvalue weighted by molar-refractivity contribution is 7.80. The average Bonchev–Trinajstić information content (AvgIpc) is 2.57. The molecular formula is C15H12F2N4O3S. The Kier molecular flexibility index (Phi) is 5.90. The van der Waals surface area contributed by atoms with Crippen molar-refractivity contribution in [3.63, 3.8) is 0 Å². The molecule has 0 unspecified atom stereocenters. The first-order valence-corrected chi connectivity index (χ1v) is 7.30. The summed E-state index contributed by atoms with van der Waals surface area (Å²) in [6, 6.07) is 8.53. The number of carbonyl (C=O) groups excluding carboxylic acids is 1. The minimum absolute atomic E-state index is 0.0599. The van der Waals surface area contributed by atoms with E-state index in [4.69, 9.17) is 12.2 Å². The maximum atomic E-state index is 13.0. The predicted octanol–water partition coefficient (Wildman–Crippen LogP) is 2.80. The number of halogens is 2. The number of amides is 1. The van der Waals surface area contributed by atoms with Crippen molar-refractivity contribution < 1.29 is 18.5 Å². The molecule has 0 aliphatic heterocycles. The lowest BCUT2D eigenvalue weighted by Crippen LogP contribution is -2.35. The van der Waals surface area contributed by atoms with E-state index in [-0.39, 0.29) is 23.0 Å².